The van der Waals surface area contributed by atoms with E-state index in [-0.39, 0.29) is 12.0 Å². The van der Waals surface area contributed by atoms with Crippen LogP contribution in [0.4, 0.5) is 0 Å². The van der Waals surface area contributed by atoms with Crippen molar-refractivity contribution in [2.75, 3.05) is 25.4 Å². The zero-order chi connectivity index (χ0) is 23.3. The first-order chi connectivity index (χ1) is 16.7. The Hall–Kier alpha value is -2.61. The van der Waals surface area contributed by atoms with Gasteiger partial charge in [-0.25, -0.2) is 0 Å². The van der Waals surface area contributed by atoms with Crippen LogP contribution in [0.15, 0.2) is 65.8 Å². The smallest absolute Gasteiger partial charge is 0.233 e. The van der Waals surface area contributed by atoms with E-state index in [4.69, 9.17) is 16.3 Å². The van der Waals surface area contributed by atoms with E-state index >= 15 is 0 Å². The Morgan fingerprint density at radius 1 is 1.09 bits per heavy atom. The monoisotopic (exact) mass is 494 g/mol. The molecule has 1 fully saturated rings. The molecule has 34 heavy (non-hydrogen) atoms. The summed E-state index contributed by atoms with van der Waals surface area (Å²) >= 11 is 7.51. The fourth-order valence-corrected chi connectivity index (χ4v) is 5.37. The highest BCUT2D eigenvalue weighted by Gasteiger charge is 2.24. The summed E-state index contributed by atoms with van der Waals surface area (Å²) < 4.78 is 7.95. The molecule has 8 heteroatoms. The van der Waals surface area contributed by atoms with Crippen molar-refractivity contribution in [3.05, 3.63) is 71.3 Å². The van der Waals surface area contributed by atoms with E-state index in [1.807, 2.05) is 35.2 Å². The molecule has 2 aliphatic rings. The van der Waals surface area contributed by atoms with Crippen LogP contribution in [0.3, 0.4) is 0 Å². The van der Waals surface area contributed by atoms with Crippen LogP contribution in [0.2, 0.25) is 5.02 Å². The third-order valence-electron chi connectivity index (χ3n) is 6.26. The molecule has 0 aliphatic carbocycles. The van der Waals surface area contributed by atoms with E-state index < -0.39 is 0 Å². The number of carbonyl (C=O) groups excluding carboxylic acids is 1. The molecule has 3 aromatic rings. The van der Waals surface area contributed by atoms with Crippen molar-refractivity contribution in [1.82, 2.24) is 19.7 Å². The quantitative estimate of drug-likeness (QED) is 0.423. The minimum Gasteiger partial charge on any atom is -0.376 e. The molecule has 1 aromatic heterocycles. The van der Waals surface area contributed by atoms with Crippen LogP contribution in [0, 0.1) is 0 Å². The molecule has 6 nitrogen and oxygen atoms in total. The van der Waals surface area contributed by atoms with Crippen LogP contribution in [-0.4, -0.2) is 57.1 Å². The summed E-state index contributed by atoms with van der Waals surface area (Å²) in [5.74, 6) is 1.22. The molecule has 176 valence electrons. The molecule has 5 rings (SSSR count). The SMILES string of the molecule is O=C(CSc1nnc(-c2ccc(Cl)cc2)n1CC1CCCO1)N1CC=C(c2ccccc2)CC1. The molecule has 0 radical (unpaired) electrons. The number of thioether (sulfide) groups is 1. The zero-order valence-electron chi connectivity index (χ0n) is 18.9. The summed E-state index contributed by atoms with van der Waals surface area (Å²) in [7, 11) is 0. The molecular formula is C26H27ClN4O2S. The predicted octanol–water partition coefficient (Wildman–Crippen LogP) is 5.19. The number of hydrogen-bond acceptors (Lipinski definition) is 5. The van der Waals surface area contributed by atoms with Crippen LogP contribution in [0.1, 0.15) is 24.8 Å². The highest BCUT2D eigenvalue weighted by molar-refractivity contribution is 7.99. The first-order valence-corrected chi connectivity index (χ1v) is 13.0. The average molecular weight is 495 g/mol. The number of halogens is 1. The van der Waals surface area contributed by atoms with Gasteiger partial charge in [0.1, 0.15) is 0 Å². The number of nitrogens with zero attached hydrogens (tertiary/aromatic N) is 4. The number of ether oxygens (including phenoxy) is 1. The van der Waals surface area contributed by atoms with E-state index in [9.17, 15) is 4.79 Å². The van der Waals surface area contributed by atoms with Gasteiger partial charge in [-0.05, 0) is 54.7 Å². The van der Waals surface area contributed by atoms with Crippen molar-refractivity contribution in [3.8, 4) is 11.4 Å². The predicted molar refractivity (Wildman–Crippen MR) is 136 cm³/mol. The number of benzene rings is 2. The van der Waals surface area contributed by atoms with E-state index in [0.717, 1.165) is 49.0 Å². The van der Waals surface area contributed by atoms with Crippen molar-refractivity contribution < 1.29 is 9.53 Å². The maximum atomic E-state index is 13.0. The summed E-state index contributed by atoms with van der Waals surface area (Å²) in [6.07, 6.45) is 5.26. The van der Waals surface area contributed by atoms with Gasteiger partial charge in [-0.3, -0.25) is 9.36 Å². The number of aromatic nitrogens is 3. The van der Waals surface area contributed by atoms with Crippen molar-refractivity contribution in [2.45, 2.75) is 37.1 Å². The molecule has 1 saturated heterocycles. The largest absolute Gasteiger partial charge is 0.376 e. The number of carbonyl (C=O) groups is 1. The van der Waals surface area contributed by atoms with Gasteiger partial charge in [-0.15, -0.1) is 10.2 Å². The lowest BCUT2D eigenvalue weighted by molar-refractivity contribution is -0.127. The third-order valence-corrected chi connectivity index (χ3v) is 7.46. The Bertz CT molecular complexity index is 1160. The fraction of sp³-hybridized carbons (Fsp3) is 0.346. The van der Waals surface area contributed by atoms with Crippen LogP contribution in [0.5, 0.6) is 0 Å². The molecular weight excluding hydrogens is 468 g/mol. The third kappa shape index (κ3) is 5.37. The van der Waals surface area contributed by atoms with E-state index in [1.165, 1.54) is 22.9 Å². The van der Waals surface area contributed by atoms with Gasteiger partial charge in [-0.2, -0.15) is 0 Å². The summed E-state index contributed by atoms with van der Waals surface area (Å²) in [6, 6.07) is 18.0. The second-order valence-corrected chi connectivity index (χ2v) is 9.91. The van der Waals surface area contributed by atoms with Crippen molar-refractivity contribution in [1.29, 1.82) is 0 Å². The first kappa shape index (κ1) is 23.1. The van der Waals surface area contributed by atoms with Crippen molar-refractivity contribution in [3.63, 3.8) is 0 Å². The normalized spacial score (nSPS) is 18.2. The van der Waals surface area contributed by atoms with Crippen molar-refractivity contribution in [2.24, 2.45) is 0 Å². The lowest BCUT2D eigenvalue weighted by atomic mass is 10.00. The first-order valence-electron chi connectivity index (χ1n) is 11.6. The fourth-order valence-electron chi connectivity index (χ4n) is 4.39. The molecule has 0 bridgehead atoms. The van der Waals surface area contributed by atoms with Gasteiger partial charge in [-0.1, -0.05) is 59.8 Å². The molecule has 0 saturated carbocycles. The van der Waals surface area contributed by atoms with Gasteiger partial charge >= 0.3 is 0 Å². The topological polar surface area (TPSA) is 60.3 Å². The van der Waals surface area contributed by atoms with E-state index in [1.54, 1.807) is 0 Å². The molecule has 2 aromatic carbocycles. The minimum absolute atomic E-state index is 0.119. The summed E-state index contributed by atoms with van der Waals surface area (Å²) in [5, 5.41) is 10.3. The summed E-state index contributed by atoms with van der Waals surface area (Å²) in [4.78, 5) is 14.9. The van der Waals surface area contributed by atoms with E-state index in [2.05, 4.69) is 45.1 Å². The molecule has 2 aliphatic heterocycles. The standard InChI is InChI=1S/C26H27ClN4O2S/c27-22-10-8-21(9-11-22)25-28-29-26(31(25)17-23-7-4-16-33-23)34-18-24(32)30-14-12-20(13-15-30)19-5-2-1-3-6-19/h1-3,5-6,8-12,23H,4,7,13-18H2. The van der Waals surface area contributed by atoms with Gasteiger partial charge in [0, 0.05) is 30.3 Å². The maximum absolute atomic E-state index is 13.0. The molecule has 1 atom stereocenters. The van der Waals surface area contributed by atoms with Gasteiger partial charge < -0.3 is 9.64 Å². The van der Waals surface area contributed by atoms with Crippen LogP contribution < -0.4 is 0 Å². The van der Waals surface area contributed by atoms with Crippen LogP contribution in [-0.2, 0) is 16.1 Å². The Labute approximate surface area is 209 Å². The van der Waals surface area contributed by atoms with Crippen LogP contribution >= 0.6 is 23.4 Å². The number of amides is 1. The van der Waals surface area contributed by atoms with Gasteiger partial charge in [0.25, 0.3) is 0 Å². The molecule has 1 unspecified atom stereocenters. The molecule has 1 amide bonds. The van der Waals surface area contributed by atoms with Gasteiger partial charge in [0.2, 0.25) is 5.91 Å². The van der Waals surface area contributed by atoms with Crippen LogP contribution in [0.25, 0.3) is 17.0 Å². The molecule has 3 heterocycles. The second-order valence-electron chi connectivity index (χ2n) is 8.53. The zero-order valence-corrected chi connectivity index (χ0v) is 20.5. The average Bonchev–Trinajstić information content (AvgIpc) is 3.54. The highest BCUT2D eigenvalue weighted by atomic mass is 35.5. The summed E-state index contributed by atoms with van der Waals surface area (Å²) in [5.41, 5.74) is 3.49. The number of rotatable bonds is 7. The second kappa shape index (κ2) is 10.8. The molecule has 0 spiro atoms. The Kier molecular flexibility index (Phi) is 7.33. The highest BCUT2D eigenvalue weighted by Crippen LogP contribution is 2.28. The minimum atomic E-state index is 0.119. The van der Waals surface area contributed by atoms with Gasteiger partial charge in [0.05, 0.1) is 18.4 Å². The molecule has 0 N–H and O–H groups in total. The van der Waals surface area contributed by atoms with Gasteiger partial charge in [0.15, 0.2) is 11.0 Å². The van der Waals surface area contributed by atoms with E-state index in [0.29, 0.717) is 23.9 Å². The lowest BCUT2D eigenvalue weighted by Crippen LogP contribution is -2.36. The van der Waals surface area contributed by atoms with Crippen molar-refractivity contribution >= 4 is 34.8 Å². The maximum Gasteiger partial charge on any atom is 0.233 e. The Balaban J connectivity index is 1.27. The Morgan fingerprint density at radius 2 is 1.91 bits per heavy atom. The summed E-state index contributed by atoms with van der Waals surface area (Å²) in [6.45, 7) is 2.84. The Morgan fingerprint density at radius 3 is 2.62 bits per heavy atom. The number of hydrogen-bond donors (Lipinski definition) is 0. The lowest BCUT2D eigenvalue weighted by Gasteiger charge is -2.26.